The van der Waals surface area contributed by atoms with E-state index in [0.29, 0.717) is 21.3 Å². The van der Waals surface area contributed by atoms with E-state index in [1.807, 2.05) is 35.9 Å². The minimum atomic E-state index is -0.255. The molecule has 1 N–H and O–H groups in total. The molecule has 2 aromatic carbocycles. The Hall–Kier alpha value is -2.28. The van der Waals surface area contributed by atoms with E-state index in [9.17, 15) is 4.79 Å². The average Bonchev–Trinajstić information content (AvgIpc) is 3.03. The van der Waals surface area contributed by atoms with Crippen molar-refractivity contribution in [2.24, 2.45) is 7.05 Å². The molecular formula is C18H14Cl2N4OS. The Morgan fingerprint density at radius 1 is 1.19 bits per heavy atom. The number of hydrogen-bond acceptors (Lipinski definition) is 4. The van der Waals surface area contributed by atoms with Crippen LogP contribution in [0.2, 0.25) is 10.0 Å². The molecule has 0 unspecified atom stereocenters. The van der Waals surface area contributed by atoms with Crippen LogP contribution in [0.3, 0.4) is 0 Å². The first kappa shape index (κ1) is 18.5. The van der Waals surface area contributed by atoms with Crippen LogP contribution in [0.25, 0.3) is 6.08 Å². The number of nitrogens with one attached hydrogen (secondary N) is 1. The maximum atomic E-state index is 12.1. The molecule has 3 aromatic rings. The van der Waals surface area contributed by atoms with Gasteiger partial charge in [0, 0.05) is 23.7 Å². The molecule has 0 fully saturated rings. The van der Waals surface area contributed by atoms with Crippen molar-refractivity contribution in [3.05, 3.63) is 70.5 Å². The summed E-state index contributed by atoms with van der Waals surface area (Å²) in [7, 11) is 1.88. The second-order valence-corrected chi connectivity index (χ2v) is 7.14. The third kappa shape index (κ3) is 4.66. The lowest BCUT2D eigenvalue weighted by molar-refractivity contribution is -0.111. The SMILES string of the molecule is Cn1cnnc1Sc1ccc(NC(=O)/C=C/c2cccc(Cl)c2Cl)cc1. The molecule has 5 nitrogen and oxygen atoms in total. The summed E-state index contributed by atoms with van der Waals surface area (Å²) < 4.78 is 1.84. The number of carbonyl (C=O) groups is 1. The zero-order valence-corrected chi connectivity index (χ0v) is 16.0. The fourth-order valence-electron chi connectivity index (χ4n) is 2.08. The number of halogens is 2. The minimum Gasteiger partial charge on any atom is -0.323 e. The van der Waals surface area contributed by atoms with Crippen molar-refractivity contribution in [2.75, 3.05) is 5.32 Å². The third-order valence-electron chi connectivity index (χ3n) is 3.40. The summed E-state index contributed by atoms with van der Waals surface area (Å²) in [5.74, 6) is -0.255. The number of aromatic nitrogens is 3. The van der Waals surface area contributed by atoms with Crippen molar-refractivity contribution < 1.29 is 4.79 Å². The first-order valence-corrected chi connectivity index (χ1v) is 9.15. The van der Waals surface area contributed by atoms with Gasteiger partial charge in [0.25, 0.3) is 0 Å². The van der Waals surface area contributed by atoms with E-state index in [-0.39, 0.29) is 5.91 Å². The molecule has 0 aliphatic carbocycles. The molecule has 0 saturated carbocycles. The summed E-state index contributed by atoms with van der Waals surface area (Å²) in [6, 6.07) is 12.7. The molecule has 0 radical (unpaired) electrons. The maximum absolute atomic E-state index is 12.1. The van der Waals surface area contributed by atoms with Crippen LogP contribution in [0.1, 0.15) is 5.56 Å². The van der Waals surface area contributed by atoms with Crippen molar-refractivity contribution in [3.8, 4) is 0 Å². The van der Waals surface area contributed by atoms with Gasteiger partial charge in [0.1, 0.15) is 6.33 Å². The maximum Gasteiger partial charge on any atom is 0.248 e. The Labute approximate surface area is 165 Å². The largest absolute Gasteiger partial charge is 0.323 e. The number of rotatable bonds is 5. The molecule has 1 heterocycles. The molecule has 0 atom stereocenters. The molecule has 8 heteroatoms. The second kappa shape index (κ2) is 8.40. The number of aryl methyl sites for hydroxylation is 1. The van der Waals surface area contributed by atoms with Gasteiger partial charge in [-0.1, -0.05) is 35.3 Å². The topological polar surface area (TPSA) is 59.8 Å². The van der Waals surface area contributed by atoms with Gasteiger partial charge in [0.15, 0.2) is 5.16 Å². The van der Waals surface area contributed by atoms with Crippen LogP contribution in [0, 0.1) is 0 Å². The van der Waals surface area contributed by atoms with Gasteiger partial charge in [0.05, 0.1) is 10.0 Å². The van der Waals surface area contributed by atoms with Crippen LogP contribution in [-0.4, -0.2) is 20.7 Å². The fourth-order valence-corrected chi connectivity index (χ4v) is 3.21. The summed E-state index contributed by atoms with van der Waals surface area (Å²) in [5.41, 5.74) is 1.38. The van der Waals surface area contributed by atoms with Crippen molar-refractivity contribution in [3.63, 3.8) is 0 Å². The van der Waals surface area contributed by atoms with E-state index >= 15 is 0 Å². The minimum absolute atomic E-state index is 0.255. The Kier molecular flexibility index (Phi) is 5.98. The van der Waals surface area contributed by atoms with Gasteiger partial charge in [-0.05, 0) is 53.7 Å². The first-order chi connectivity index (χ1) is 12.5. The number of benzene rings is 2. The number of carbonyl (C=O) groups excluding carboxylic acids is 1. The van der Waals surface area contributed by atoms with Gasteiger partial charge in [-0.3, -0.25) is 4.79 Å². The van der Waals surface area contributed by atoms with Crippen molar-refractivity contribution in [1.29, 1.82) is 0 Å². The highest BCUT2D eigenvalue weighted by Crippen LogP contribution is 2.27. The highest BCUT2D eigenvalue weighted by atomic mass is 35.5. The fraction of sp³-hybridized carbons (Fsp3) is 0.0556. The summed E-state index contributed by atoms with van der Waals surface area (Å²) >= 11 is 13.5. The first-order valence-electron chi connectivity index (χ1n) is 7.58. The highest BCUT2D eigenvalue weighted by Gasteiger charge is 2.05. The molecule has 0 bridgehead atoms. The number of hydrogen-bond donors (Lipinski definition) is 1. The van der Waals surface area contributed by atoms with Crippen LogP contribution in [0.4, 0.5) is 5.69 Å². The van der Waals surface area contributed by atoms with Crippen molar-refractivity contribution >= 4 is 52.6 Å². The molecule has 3 rings (SSSR count). The zero-order chi connectivity index (χ0) is 18.5. The number of amides is 1. The van der Waals surface area contributed by atoms with E-state index in [1.54, 1.807) is 30.6 Å². The van der Waals surface area contributed by atoms with E-state index in [0.717, 1.165) is 10.1 Å². The molecule has 0 saturated heterocycles. The Bertz CT molecular complexity index is 954. The lowest BCUT2D eigenvalue weighted by Crippen LogP contribution is -2.07. The lowest BCUT2D eigenvalue weighted by Gasteiger charge is -2.05. The van der Waals surface area contributed by atoms with Gasteiger partial charge in [-0.25, -0.2) is 0 Å². The van der Waals surface area contributed by atoms with Crippen LogP contribution in [-0.2, 0) is 11.8 Å². The standard InChI is InChI=1S/C18H14Cl2N4OS/c1-24-11-21-23-18(24)26-14-8-6-13(7-9-14)22-16(25)10-5-12-3-2-4-15(19)17(12)20/h2-11H,1H3,(H,22,25)/b10-5+. The van der Waals surface area contributed by atoms with Gasteiger partial charge in [-0.15, -0.1) is 10.2 Å². The van der Waals surface area contributed by atoms with Crippen LogP contribution >= 0.6 is 35.0 Å². The van der Waals surface area contributed by atoms with Gasteiger partial charge in [0.2, 0.25) is 5.91 Å². The Morgan fingerprint density at radius 3 is 2.65 bits per heavy atom. The lowest BCUT2D eigenvalue weighted by atomic mass is 10.2. The monoisotopic (exact) mass is 404 g/mol. The van der Waals surface area contributed by atoms with Gasteiger partial charge < -0.3 is 9.88 Å². The second-order valence-electron chi connectivity index (χ2n) is 5.32. The van der Waals surface area contributed by atoms with E-state index in [1.165, 1.54) is 17.8 Å². The summed E-state index contributed by atoms with van der Waals surface area (Å²) in [6.45, 7) is 0. The van der Waals surface area contributed by atoms with Crippen LogP contribution in [0.15, 0.2) is 64.9 Å². The third-order valence-corrected chi connectivity index (χ3v) is 5.29. The molecule has 0 aliphatic heterocycles. The van der Waals surface area contributed by atoms with Crippen LogP contribution in [0.5, 0.6) is 0 Å². The van der Waals surface area contributed by atoms with E-state index < -0.39 is 0 Å². The molecule has 132 valence electrons. The molecule has 1 aromatic heterocycles. The predicted octanol–water partition coefficient (Wildman–Crippen LogP) is 4.93. The molecule has 0 spiro atoms. The summed E-state index contributed by atoms with van der Waals surface area (Å²) in [5, 5.41) is 12.3. The highest BCUT2D eigenvalue weighted by molar-refractivity contribution is 7.99. The number of anilines is 1. The quantitative estimate of drug-likeness (QED) is 0.612. The molecular weight excluding hydrogens is 391 g/mol. The van der Waals surface area contributed by atoms with E-state index in [4.69, 9.17) is 23.2 Å². The normalized spacial score (nSPS) is 11.0. The average molecular weight is 405 g/mol. The smallest absolute Gasteiger partial charge is 0.248 e. The molecule has 26 heavy (non-hydrogen) atoms. The van der Waals surface area contributed by atoms with Gasteiger partial charge in [-0.2, -0.15) is 0 Å². The van der Waals surface area contributed by atoms with E-state index in [2.05, 4.69) is 15.5 Å². The summed E-state index contributed by atoms with van der Waals surface area (Å²) in [4.78, 5) is 13.1. The molecule has 0 aliphatic rings. The Balaban J connectivity index is 1.61. The van der Waals surface area contributed by atoms with Crippen molar-refractivity contribution in [2.45, 2.75) is 10.1 Å². The van der Waals surface area contributed by atoms with Gasteiger partial charge >= 0.3 is 0 Å². The summed E-state index contributed by atoms with van der Waals surface area (Å²) in [6.07, 6.45) is 4.69. The molecule has 1 amide bonds. The van der Waals surface area contributed by atoms with Crippen LogP contribution < -0.4 is 5.32 Å². The number of nitrogens with zero attached hydrogens (tertiary/aromatic N) is 3. The van der Waals surface area contributed by atoms with Crippen molar-refractivity contribution in [1.82, 2.24) is 14.8 Å². The predicted molar refractivity (Wildman–Crippen MR) is 106 cm³/mol. The zero-order valence-electron chi connectivity index (χ0n) is 13.7. The Morgan fingerprint density at radius 2 is 1.96 bits per heavy atom.